The lowest BCUT2D eigenvalue weighted by atomic mass is 9.89. The molecule has 1 atom stereocenters. The number of rotatable bonds is 6. The minimum Gasteiger partial charge on any atom is -0.476 e. The number of carbonyl (C=O) groups excluding carboxylic acids is 1. The summed E-state index contributed by atoms with van der Waals surface area (Å²) in [5.74, 6) is 6.64. The molecule has 3 rings (SSSR count). The Kier molecular flexibility index (Phi) is 6.73. The molecule has 1 aliphatic heterocycles. The summed E-state index contributed by atoms with van der Waals surface area (Å²) < 4.78 is 5.43. The number of nitrogens with two attached hydrogens (primary N) is 1. The maximum Gasteiger partial charge on any atom is 0.275 e. The molecule has 8 heteroatoms. The number of amides is 1. The van der Waals surface area contributed by atoms with Crippen molar-refractivity contribution in [3.63, 3.8) is 0 Å². The third-order valence-corrected chi connectivity index (χ3v) is 5.25. The van der Waals surface area contributed by atoms with E-state index < -0.39 is 5.54 Å². The lowest BCUT2D eigenvalue weighted by Gasteiger charge is -2.30. The van der Waals surface area contributed by atoms with Crippen LogP contribution in [0.3, 0.4) is 0 Å². The minimum absolute atomic E-state index is 0.207. The number of nitrogens with one attached hydrogen (secondary N) is 1. The van der Waals surface area contributed by atoms with Gasteiger partial charge in [-0.1, -0.05) is 23.9 Å². The predicted molar refractivity (Wildman–Crippen MR) is 116 cm³/mol. The SMILES string of the molecule is CC#CCCOc1cnc(C(=O)Nc2cccc([C@]3(C)CCSC(N)=N3)c2)cn1. The van der Waals surface area contributed by atoms with Gasteiger partial charge in [-0.2, -0.15) is 0 Å². The number of nitrogens with zero attached hydrogens (tertiary/aromatic N) is 3. The maximum absolute atomic E-state index is 12.5. The highest BCUT2D eigenvalue weighted by molar-refractivity contribution is 8.13. The third-order valence-electron chi connectivity index (χ3n) is 4.45. The van der Waals surface area contributed by atoms with Crippen LogP contribution in [0.4, 0.5) is 5.69 Å². The van der Waals surface area contributed by atoms with Crippen LogP contribution in [0.1, 0.15) is 42.7 Å². The molecule has 0 saturated heterocycles. The third kappa shape index (κ3) is 5.48. The van der Waals surface area contributed by atoms with Gasteiger partial charge in [0.05, 0.1) is 17.9 Å². The molecule has 0 spiro atoms. The fraction of sp³-hybridized carbons (Fsp3) is 0.333. The Labute approximate surface area is 174 Å². The van der Waals surface area contributed by atoms with Gasteiger partial charge in [-0.3, -0.25) is 9.79 Å². The molecule has 0 fully saturated rings. The van der Waals surface area contributed by atoms with Crippen LogP contribution in [-0.2, 0) is 5.54 Å². The zero-order valence-corrected chi connectivity index (χ0v) is 17.3. The Hall–Kier alpha value is -3.05. The molecule has 7 nitrogen and oxygen atoms in total. The predicted octanol–water partition coefficient (Wildman–Crippen LogP) is 3.19. The van der Waals surface area contributed by atoms with Crippen LogP contribution < -0.4 is 15.8 Å². The summed E-state index contributed by atoms with van der Waals surface area (Å²) in [6, 6.07) is 7.64. The van der Waals surface area contributed by atoms with E-state index in [0.717, 1.165) is 17.7 Å². The number of aromatic nitrogens is 2. The Morgan fingerprint density at radius 1 is 1.38 bits per heavy atom. The molecule has 1 aliphatic rings. The van der Waals surface area contributed by atoms with Gasteiger partial charge < -0.3 is 15.8 Å². The van der Waals surface area contributed by atoms with Crippen molar-refractivity contribution >= 4 is 28.5 Å². The lowest BCUT2D eigenvalue weighted by molar-refractivity contribution is 0.102. The first-order chi connectivity index (χ1) is 14.0. The van der Waals surface area contributed by atoms with Crippen molar-refractivity contribution in [2.75, 3.05) is 17.7 Å². The Morgan fingerprint density at radius 2 is 2.24 bits per heavy atom. The molecule has 2 heterocycles. The number of ether oxygens (including phenoxy) is 1. The van der Waals surface area contributed by atoms with Crippen LogP contribution in [-0.4, -0.2) is 33.4 Å². The summed E-state index contributed by atoms with van der Waals surface area (Å²) in [6.07, 6.45) is 4.32. The minimum atomic E-state index is -0.392. The molecule has 29 heavy (non-hydrogen) atoms. The summed E-state index contributed by atoms with van der Waals surface area (Å²) in [7, 11) is 0. The van der Waals surface area contributed by atoms with Crippen LogP contribution in [0.25, 0.3) is 0 Å². The van der Waals surface area contributed by atoms with Crippen molar-refractivity contribution in [1.29, 1.82) is 0 Å². The number of aliphatic imine (C=N–C) groups is 1. The van der Waals surface area contributed by atoms with Crippen LogP contribution >= 0.6 is 11.8 Å². The number of benzene rings is 1. The Morgan fingerprint density at radius 3 is 2.97 bits per heavy atom. The second kappa shape index (κ2) is 9.43. The summed E-state index contributed by atoms with van der Waals surface area (Å²) in [6.45, 7) is 4.26. The van der Waals surface area contributed by atoms with Crippen molar-refractivity contribution in [3.8, 4) is 17.7 Å². The van der Waals surface area contributed by atoms with Crippen LogP contribution in [0.2, 0.25) is 0 Å². The molecule has 1 aromatic heterocycles. The fourth-order valence-electron chi connectivity index (χ4n) is 2.86. The van der Waals surface area contributed by atoms with Crippen LogP contribution in [0.15, 0.2) is 41.7 Å². The molecule has 3 N–H and O–H groups in total. The van der Waals surface area contributed by atoms with Crippen molar-refractivity contribution in [2.45, 2.75) is 32.2 Å². The Balaban J connectivity index is 1.66. The standard InChI is InChI=1S/C21H23N5O2S/c1-3-4-5-10-28-18-14-23-17(13-24-18)19(27)25-16-8-6-7-15(12-16)21(2)9-11-29-20(22)26-21/h6-8,12-14H,5,9-11H2,1-2H3,(H2,22,26)(H,25,27)/t21-/m0/s1. The number of amidine groups is 1. The number of thioether (sulfide) groups is 1. The van der Waals surface area contributed by atoms with Crippen molar-refractivity contribution in [2.24, 2.45) is 10.7 Å². The van der Waals surface area contributed by atoms with Gasteiger partial charge >= 0.3 is 0 Å². The number of carbonyl (C=O) groups is 1. The van der Waals surface area contributed by atoms with Crippen molar-refractivity contribution < 1.29 is 9.53 Å². The summed E-state index contributed by atoms with van der Waals surface area (Å²) >= 11 is 1.56. The highest BCUT2D eigenvalue weighted by atomic mass is 32.2. The zero-order valence-electron chi connectivity index (χ0n) is 16.4. The first-order valence-corrected chi connectivity index (χ1v) is 10.2. The highest BCUT2D eigenvalue weighted by Crippen LogP contribution is 2.35. The highest BCUT2D eigenvalue weighted by Gasteiger charge is 2.29. The first-order valence-electron chi connectivity index (χ1n) is 9.25. The molecule has 150 valence electrons. The van der Waals surface area contributed by atoms with Crippen molar-refractivity contribution in [1.82, 2.24) is 9.97 Å². The number of hydrogen-bond acceptors (Lipinski definition) is 7. The van der Waals surface area contributed by atoms with Crippen molar-refractivity contribution in [3.05, 3.63) is 47.9 Å². The maximum atomic E-state index is 12.5. The van der Waals surface area contributed by atoms with Gasteiger partial charge in [0.25, 0.3) is 5.91 Å². The van der Waals surface area contributed by atoms with Gasteiger partial charge in [-0.15, -0.1) is 11.8 Å². The molecule has 0 bridgehead atoms. The fourth-order valence-corrected chi connectivity index (χ4v) is 3.84. The van der Waals surface area contributed by atoms with Gasteiger partial charge in [0.15, 0.2) is 5.17 Å². The zero-order chi connectivity index (χ0) is 20.7. The number of hydrogen-bond donors (Lipinski definition) is 2. The van der Waals surface area contributed by atoms with Gasteiger partial charge in [0.2, 0.25) is 5.88 Å². The smallest absolute Gasteiger partial charge is 0.275 e. The van der Waals surface area contributed by atoms with E-state index >= 15 is 0 Å². The molecule has 0 radical (unpaired) electrons. The van der Waals surface area contributed by atoms with Gasteiger partial charge in [0, 0.05) is 17.9 Å². The molecule has 1 amide bonds. The largest absolute Gasteiger partial charge is 0.476 e. The second-order valence-corrected chi connectivity index (χ2v) is 7.74. The first kappa shape index (κ1) is 20.7. The van der Waals surface area contributed by atoms with Gasteiger partial charge in [-0.25, -0.2) is 9.97 Å². The second-order valence-electron chi connectivity index (χ2n) is 6.62. The van der Waals surface area contributed by atoms with E-state index in [9.17, 15) is 4.79 Å². The van der Waals surface area contributed by atoms with Gasteiger partial charge in [-0.05, 0) is 38.0 Å². The van der Waals surface area contributed by atoms with E-state index in [4.69, 9.17) is 10.5 Å². The van der Waals surface area contributed by atoms with E-state index in [1.165, 1.54) is 12.4 Å². The van der Waals surface area contributed by atoms with E-state index in [0.29, 0.717) is 29.8 Å². The molecular weight excluding hydrogens is 386 g/mol. The molecular formula is C21H23N5O2S. The average Bonchev–Trinajstić information content (AvgIpc) is 2.72. The lowest BCUT2D eigenvalue weighted by Crippen LogP contribution is -2.28. The molecule has 2 aromatic rings. The average molecular weight is 410 g/mol. The van der Waals surface area contributed by atoms with E-state index in [2.05, 4.69) is 39.0 Å². The topological polar surface area (TPSA) is 102 Å². The van der Waals surface area contributed by atoms with E-state index in [-0.39, 0.29) is 11.6 Å². The Bertz CT molecular complexity index is 965. The molecule has 0 saturated carbocycles. The quantitative estimate of drug-likeness (QED) is 0.561. The summed E-state index contributed by atoms with van der Waals surface area (Å²) in [4.78, 5) is 25.4. The summed E-state index contributed by atoms with van der Waals surface area (Å²) in [5.41, 5.74) is 7.40. The van der Waals surface area contributed by atoms with E-state index in [1.807, 2.05) is 24.3 Å². The normalized spacial score (nSPS) is 18.2. The molecule has 0 aliphatic carbocycles. The van der Waals surface area contributed by atoms with Crippen LogP contribution in [0, 0.1) is 11.8 Å². The molecule has 1 aromatic carbocycles. The van der Waals surface area contributed by atoms with Crippen LogP contribution in [0.5, 0.6) is 5.88 Å². The van der Waals surface area contributed by atoms with Gasteiger partial charge in [0.1, 0.15) is 12.3 Å². The van der Waals surface area contributed by atoms with E-state index in [1.54, 1.807) is 18.7 Å². The monoisotopic (exact) mass is 409 g/mol. The molecule has 0 unspecified atom stereocenters. The number of anilines is 1. The summed E-state index contributed by atoms with van der Waals surface area (Å²) in [5, 5.41) is 3.45.